The summed E-state index contributed by atoms with van der Waals surface area (Å²) in [5.74, 6) is 0.390. The van der Waals surface area contributed by atoms with Gasteiger partial charge in [-0.15, -0.1) is 0 Å². The Morgan fingerprint density at radius 3 is 2.62 bits per heavy atom. The summed E-state index contributed by atoms with van der Waals surface area (Å²) in [4.78, 5) is 11.8. The summed E-state index contributed by atoms with van der Waals surface area (Å²) in [7, 11) is 1.78. The molecule has 1 heterocycles. The Morgan fingerprint density at radius 1 is 1.29 bits per heavy atom. The maximum Gasteiger partial charge on any atom is 0.341 e. The van der Waals surface area contributed by atoms with Crippen LogP contribution in [0, 0.1) is 6.92 Å². The lowest BCUT2D eigenvalue weighted by atomic mass is 10.3. The molecule has 1 aromatic heterocycles. The van der Waals surface area contributed by atoms with Crippen molar-refractivity contribution in [3.05, 3.63) is 46.7 Å². The first-order valence-corrected chi connectivity index (χ1v) is 7.00. The van der Waals surface area contributed by atoms with Crippen LogP contribution in [-0.2, 0) is 11.8 Å². The Bertz CT molecular complexity index is 608. The van der Waals surface area contributed by atoms with Crippen LogP contribution >= 0.6 is 11.6 Å². The van der Waals surface area contributed by atoms with E-state index in [0.29, 0.717) is 30.2 Å². The molecule has 1 aromatic carbocycles. The number of hydrogen-bond acceptors (Lipinski definition) is 4. The van der Waals surface area contributed by atoms with Gasteiger partial charge in [-0.25, -0.2) is 4.79 Å². The van der Waals surface area contributed by atoms with Crippen LogP contribution in [0.1, 0.15) is 22.5 Å². The van der Waals surface area contributed by atoms with Gasteiger partial charge in [0.05, 0.1) is 19.4 Å². The summed E-state index contributed by atoms with van der Waals surface area (Å²) in [6, 6.07) is 7.13. The maximum absolute atomic E-state index is 11.8. The van der Waals surface area contributed by atoms with Crippen molar-refractivity contribution in [3.63, 3.8) is 0 Å². The van der Waals surface area contributed by atoms with E-state index in [0.717, 1.165) is 11.4 Å². The average molecular weight is 309 g/mol. The molecule has 0 saturated carbocycles. The van der Waals surface area contributed by atoms with Crippen LogP contribution in [0.3, 0.4) is 0 Å². The zero-order chi connectivity index (χ0) is 15.2. The number of halogens is 1. The highest BCUT2D eigenvalue weighted by atomic mass is 35.5. The summed E-state index contributed by atoms with van der Waals surface area (Å²) < 4.78 is 12.3. The number of aromatic nitrogens is 2. The maximum atomic E-state index is 11.8. The fraction of sp³-hybridized carbons (Fsp3) is 0.333. The van der Waals surface area contributed by atoms with Crippen molar-refractivity contribution in [1.82, 2.24) is 9.78 Å². The number of hydrogen-bond donors (Lipinski definition) is 0. The van der Waals surface area contributed by atoms with Crippen molar-refractivity contribution in [2.24, 2.45) is 7.05 Å². The van der Waals surface area contributed by atoms with E-state index in [9.17, 15) is 4.79 Å². The molecule has 0 aliphatic carbocycles. The van der Waals surface area contributed by atoms with Gasteiger partial charge >= 0.3 is 5.97 Å². The van der Waals surface area contributed by atoms with Gasteiger partial charge in [0.2, 0.25) is 0 Å². The number of ether oxygens (including phenoxy) is 2. The van der Waals surface area contributed by atoms with Crippen molar-refractivity contribution in [2.75, 3.05) is 13.2 Å². The van der Waals surface area contributed by atoms with Gasteiger partial charge in [0.25, 0.3) is 0 Å². The molecule has 21 heavy (non-hydrogen) atoms. The summed E-state index contributed by atoms with van der Waals surface area (Å²) in [6.07, 6.45) is 2.13. The van der Waals surface area contributed by atoms with Gasteiger partial charge in [-0.3, -0.25) is 4.68 Å². The topological polar surface area (TPSA) is 53.4 Å². The van der Waals surface area contributed by atoms with Gasteiger partial charge in [0, 0.05) is 24.2 Å². The van der Waals surface area contributed by atoms with Crippen molar-refractivity contribution >= 4 is 17.6 Å². The van der Waals surface area contributed by atoms with Crippen molar-refractivity contribution in [2.45, 2.75) is 13.3 Å². The summed E-state index contributed by atoms with van der Waals surface area (Å²) >= 11 is 5.78. The number of aryl methyl sites for hydroxylation is 1. The quantitative estimate of drug-likeness (QED) is 0.608. The van der Waals surface area contributed by atoms with E-state index in [1.165, 1.54) is 6.20 Å². The van der Waals surface area contributed by atoms with E-state index >= 15 is 0 Å². The van der Waals surface area contributed by atoms with E-state index in [2.05, 4.69) is 5.10 Å². The lowest BCUT2D eigenvalue weighted by molar-refractivity contribution is 0.0485. The van der Waals surface area contributed by atoms with Crippen LogP contribution in [0.4, 0.5) is 0 Å². The molecule has 0 N–H and O–H groups in total. The van der Waals surface area contributed by atoms with Gasteiger partial charge in [-0.05, 0) is 31.2 Å². The SMILES string of the molecule is Cc1c(C(=O)OCCCOc2ccc(Cl)cc2)cnn1C. The molecule has 0 saturated heterocycles. The molecule has 2 aromatic rings. The first-order valence-electron chi connectivity index (χ1n) is 6.62. The Balaban J connectivity index is 1.69. The number of carbonyl (C=O) groups excluding carboxylic acids is 1. The van der Waals surface area contributed by atoms with Gasteiger partial charge < -0.3 is 9.47 Å². The molecule has 0 atom stereocenters. The van der Waals surface area contributed by atoms with E-state index in [4.69, 9.17) is 21.1 Å². The molecule has 0 radical (unpaired) electrons. The molecular formula is C15H17ClN2O3. The van der Waals surface area contributed by atoms with Crippen molar-refractivity contribution in [3.8, 4) is 5.75 Å². The van der Waals surface area contributed by atoms with Crippen LogP contribution in [0.15, 0.2) is 30.5 Å². The Labute approximate surface area is 128 Å². The van der Waals surface area contributed by atoms with Crippen molar-refractivity contribution in [1.29, 1.82) is 0 Å². The molecule has 0 unspecified atom stereocenters. The summed E-state index contributed by atoms with van der Waals surface area (Å²) in [5.41, 5.74) is 1.29. The first kappa shape index (κ1) is 15.4. The smallest absolute Gasteiger partial charge is 0.341 e. The van der Waals surface area contributed by atoms with E-state index in [1.54, 1.807) is 36.0 Å². The number of carbonyl (C=O) groups is 1. The van der Waals surface area contributed by atoms with Crippen LogP contribution in [0.5, 0.6) is 5.75 Å². The molecule has 112 valence electrons. The lowest BCUT2D eigenvalue weighted by Gasteiger charge is -2.07. The highest BCUT2D eigenvalue weighted by Crippen LogP contribution is 2.15. The lowest BCUT2D eigenvalue weighted by Crippen LogP contribution is -2.10. The predicted octanol–water partition coefficient (Wildman–Crippen LogP) is 3.01. The average Bonchev–Trinajstić information content (AvgIpc) is 2.80. The van der Waals surface area contributed by atoms with Gasteiger partial charge in [0.1, 0.15) is 11.3 Å². The molecule has 0 fully saturated rings. The fourth-order valence-corrected chi connectivity index (χ4v) is 1.85. The van der Waals surface area contributed by atoms with Gasteiger partial charge in [0.15, 0.2) is 0 Å². The zero-order valence-electron chi connectivity index (χ0n) is 12.0. The predicted molar refractivity (Wildman–Crippen MR) is 79.8 cm³/mol. The van der Waals surface area contributed by atoms with Crippen LogP contribution < -0.4 is 4.74 Å². The third kappa shape index (κ3) is 4.23. The molecule has 0 aliphatic heterocycles. The monoisotopic (exact) mass is 308 g/mol. The fourth-order valence-electron chi connectivity index (χ4n) is 1.72. The summed E-state index contributed by atoms with van der Waals surface area (Å²) in [6.45, 7) is 2.61. The first-order chi connectivity index (χ1) is 10.1. The van der Waals surface area contributed by atoms with E-state index in [1.807, 2.05) is 6.92 Å². The minimum absolute atomic E-state index is 0.306. The largest absolute Gasteiger partial charge is 0.493 e. The second kappa shape index (κ2) is 7.13. The van der Waals surface area contributed by atoms with Crippen LogP contribution in [0.25, 0.3) is 0 Å². The molecule has 5 nitrogen and oxygen atoms in total. The van der Waals surface area contributed by atoms with Crippen LogP contribution in [-0.4, -0.2) is 29.0 Å². The molecule has 2 rings (SSSR count). The molecule has 0 bridgehead atoms. The standard InChI is InChI=1S/C15H17ClN2O3/c1-11-14(10-17-18(11)2)15(19)21-9-3-8-20-13-6-4-12(16)5-7-13/h4-7,10H,3,8-9H2,1-2H3. The molecule has 0 amide bonds. The molecular weight excluding hydrogens is 292 g/mol. The number of rotatable bonds is 6. The third-order valence-electron chi connectivity index (χ3n) is 3.06. The molecule has 0 aliphatic rings. The number of benzene rings is 1. The molecule has 0 spiro atoms. The van der Waals surface area contributed by atoms with Crippen LogP contribution in [0.2, 0.25) is 5.02 Å². The van der Waals surface area contributed by atoms with Gasteiger partial charge in [-0.2, -0.15) is 5.10 Å². The Hall–Kier alpha value is -2.01. The minimum atomic E-state index is -0.355. The second-order valence-corrected chi connectivity index (χ2v) is 5.00. The Kier molecular flexibility index (Phi) is 5.22. The highest BCUT2D eigenvalue weighted by Gasteiger charge is 2.13. The van der Waals surface area contributed by atoms with E-state index in [-0.39, 0.29) is 5.97 Å². The normalized spacial score (nSPS) is 10.4. The zero-order valence-corrected chi connectivity index (χ0v) is 12.8. The molecule has 6 heteroatoms. The highest BCUT2D eigenvalue weighted by molar-refractivity contribution is 6.30. The van der Waals surface area contributed by atoms with Crippen molar-refractivity contribution < 1.29 is 14.3 Å². The summed E-state index contributed by atoms with van der Waals surface area (Å²) in [5, 5.41) is 4.68. The minimum Gasteiger partial charge on any atom is -0.493 e. The number of nitrogens with zero attached hydrogens (tertiary/aromatic N) is 2. The Morgan fingerprint density at radius 2 is 2.00 bits per heavy atom. The second-order valence-electron chi connectivity index (χ2n) is 4.56. The van der Waals surface area contributed by atoms with Gasteiger partial charge in [-0.1, -0.05) is 11.6 Å². The third-order valence-corrected chi connectivity index (χ3v) is 3.31. The number of esters is 1. The van der Waals surface area contributed by atoms with E-state index < -0.39 is 0 Å².